The van der Waals surface area contributed by atoms with E-state index >= 15 is 0 Å². The van der Waals surface area contributed by atoms with E-state index < -0.39 is 18.6 Å². The van der Waals surface area contributed by atoms with Gasteiger partial charge in [-0.15, -0.1) is 0 Å². The molecule has 2 rings (SSSR count). The molecule has 0 aromatic carbocycles. The highest BCUT2D eigenvalue weighted by Crippen LogP contribution is 2.16. The molecule has 1 aromatic rings. The molecule has 122 valence electrons. The van der Waals surface area contributed by atoms with Crippen LogP contribution in [0.3, 0.4) is 0 Å². The maximum absolute atomic E-state index is 12.3. The fourth-order valence-electron chi connectivity index (χ4n) is 2.23. The van der Waals surface area contributed by atoms with E-state index in [2.05, 4.69) is 9.97 Å². The summed E-state index contributed by atoms with van der Waals surface area (Å²) >= 11 is 0. The zero-order valence-electron chi connectivity index (χ0n) is 12.3. The van der Waals surface area contributed by atoms with Crippen molar-refractivity contribution in [3.8, 4) is 0 Å². The number of carbonyl (C=O) groups excluding carboxylic acids is 1. The molecule has 1 fully saturated rings. The molecular weight excluding hydrogens is 299 g/mol. The molecule has 1 amide bonds. The van der Waals surface area contributed by atoms with Gasteiger partial charge in [0.1, 0.15) is 6.54 Å². The van der Waals surface area contributed by atoms with E-state index in [0.29, 0.717) is 37.0 Å². The molecule has 0 unspecified atom stereocenters. The van der Waals surface area contributed by atoms with Gasteiger partial charge >= 0.3 is 6.18 Å². The third kappa shape index (κ3) is 4.83. The minimum atomic E-state index is -4.37. The Balaban J connectivity index is 1.79. The molecule has 2 heterocycles. The van der Waals surface area contributed by atoms with Crippen LogP contribution in [0.1, 0.15) is 0 Å². The lowest BCUT2D eigenvalue weighted by Gasteiger charge is -2.34. The molecular formula is C13H18F3N5O. The van der Waals surface area contributed by atoms with E-state index in [0.717, 1.165) is 0 Å². The van der Waals surface area contributed by atoms with Gasteiger partial charge in [0.25, 0.3) is 0 Å². The van der Waals surface area contributed by atoms with E-state index in [1.165, 1.54) is 7.05 Å². The number of hydrogen-bond acceptors (Lipinski definition) is 5. The predicted molar refractivity (Wildman–Crippen MR) is 74.4 cm³/mol. The van der Waals surface area contributed by atoms with Gasteiger partial charge in [0.2, 0.25) is 11.9 Å². The summed E-state index contributed by atoms with van der Waals surface area (Å²) in [5.74, 6) is 0.101. The minimum absolute atomic E-state index is 0.00390. The zero-order valence-corrected chi connectivity index (χ0v) is 12.3. The molecule has 0 aliphatic carbocycles. The molecule has 6 nitrogen and oxygen atoms in total. The number of anilines is 1. The number of aromatic nitrogens is 2. The summed E-state index contributed by atoms with van der Waals surface area (Å²) in [6.07, 6.45) is -1.05. The van der Waals surface area contributed by atoms with Gasteiger partial charge in [0.15, 0.2) is 0 Å². The Kier molecular flexibility index (Phi) is 5.17. The van der Waals surface area contributed by atoms with Gasteiger partial charge in [-0.25, -0.2) is 9.97 Å². The Morgan fingerprint density at radius 3 is 2.36 bits per heavy atom. The van der Waals surface area contributed by atoms with Crippen LogP contribution in [0, 0.1) is 0 Å². The van der Waals surface area contributed by atoms with Crippen LogP contribution >= 0.6 is 0 Å². The number of rotatable bonds is 4. The van der Waals surface area contributed by atoms with Crippen LogP contribution in [0.25, 0.3) is 0 Å². The van der Waals surface area contributed by atoms with Crippen molar-refractivity contribution in [3.05, 3.63) is 18.5 Å². The molecule has 22 heavy (non-hydrogen) atoms. The molecule has 0 bridgehead atoms. The van der Waals surface area contributed by atoms with Crippen LogP contribution in [0.5, 0.6) is 0 Å². The van der Waals surface area contributed by atoms with Gasteiger partial charge in [-0.05, 0) is 6.07 Å². The second-order valence-electron chi connectivity index (χ2n) is 5.18. The molecule has 1 aromatic heterocycles. The van der Waals surface area contributed by atoms with Crippen molar-refractivity contribution in [2.45, 2.75) is 6.18 Å². The summed E-state index contributed by atoms with van der Waals surface area (Å²) in [5, 5.41) is 0. The lowest BCUT2D eigenvalue weighted by molar-refractivity contribution is -0.159. The summed E-state index contributed by atoms with van der Waals surface area (Å²) in [4.78, 5) is 24.6. The van der Waals surface area contributed by atoms with E-state index in [1.54, 1.807) is 18.5 Å². The molecule has 0 radical (unpaired) electrons. The van der Waals surface area contributed by atoms with Crippen LogP contribution in [-0.4, -0.2) is 78.2 Å². The molecule has 0 N–H and O–H groups in total. The Morgan fingerprint density at radius 1 is 1.23 bits per heavy atom. The number of amides is 1. The maximum Gasteiger partial charge on any atom is 0.406 e. The first-order valence-corrected chi connectivity index (χ1v) is 6.90. The highest BCUT2D eigenvalue weighted by molar-refractivity contribution is 5.78. The first-order valence-electron chi connectivity index (χ1n) is 6.90. The zero-order chi connectivity index (χ0) is 16.2. The van der Waals surface area contributed by atoms with Crippen molar-refractivity contribution in [3.63, 3.8) is 0 Å². The number of nitrogens with zero attached hydrogens (tertiary/aromatic N) is 5. The SMILES string of the molecule is CN(CC(F)(F)F)C(=O)CN1CCN(c2ncccn2)CC1. The standard InChI is InChI=1S/C13H18F3N5O/c1-19(10-13(14,15)16)11(22)9-20-5-7-21(8-6-20)12-17-3-2-4-18-12/h2-4H,5-10H2,1H3. The first kappa shape index (κ1) is 16.5. The summed E-state index contributed by atoms with van der Waals surface area (Å²) in [5.41, 5.74) is 0. The van der Waals surface area contributed by atoms with Gasteiger partial charge < -0.3 is 9.80 Å². The van der Waals surface area contributed by atoms with Gasteiger partial charge in [-0.2, -0.15) is 13.2 Å². The Bertz CT molecular complexity index is 488. The quantitative estimate of drug-likeness (QED) is 0.815. The molecule has 9 heteroatoms. The number of likely N-dealkylation sites (N-methyl/N-ethyl adjacent to an activating group) is 1. The number of hydrogen-bond donors (Lipinski definition) is 0. The molecule has 1 saturated heterocycles. The third-order valence-electron chi connectivity index (χ3n) is 3.41. The van der Waals surface area contributed by atoms with Gasteiger partial charge in [0.05, 0.1) is 6.54 Å². The summed E-state index contributed by atoms with van der Waals surface area (Å²) in [6, 6.07) is 1.73. The summed E-state index contributed by atoms with van der Waals surface area (Å²) in [7, 11) is 1.17. The lowest BCUT2D eigenvalue weighted by Crippen LogP contribution is -2.50. The third-order valence-corrected chi connectivity index (χ3v) is 3.41. The molecule has 0 atom stereocenters. The molecule has 1 aliphatic heterocycles. The van der Waals surface area contributed by atoms with Gasteiger partial charge in [0, 0.05) is 45.6 Å². The molecule has 0 saturated carbocycles. The van der Waals surface area contributed by atoms with Crippen molar-refractivity contribution >= 4 is 11.9 Å². The van der Waals surface area contributed by atoms with Crippen molar-refractivity contribution in [1.82, 2.24) is 19.8 Å². The fourth-order valence-corrected chi connectivity index (χ4v) is 2.23. The largest absolute Gasteiger partial charge is 0.406 e. The predicted octanol–water partition coefficient (Wildman–Crippen LogP) is 0.619. The monoisotopic (exact) mass is 317 g/mol. The van der Waals surface area contributed by atoms with Gasteiger partial charge in [-0.1, -0.05) is 0 Å². The summed E-state index contributed by atoms with van der Waals surface area (Å²) in [6.45, 7) is 1.23. The minimum Gasteiger partial charge on any atom is -0.338 e. The van der Waals surface area contributed by atoms with Crippen LogP contribution in [0.15, 0.2) is 18.5 Å². The van der Waals surface area contributed by atoms with Crippen LogP contribution < -0.4 is 4.90 Å². The summed E-state index contributed by atoms with van der Waals surface area (Å²) < 4.78 is 36.8. The smallest absolute Gasteiger partial charge is 0.338 e. The van der Waals surface area contributed by atoms with E-state index in [9.17, 15) is 18.0 Å². The highest BCUT2D eigenvalue weighted by Gasteiger charge is 2.31. The maximum atomic E-state index is 12.3. The van der Waals surface area contributed by atoms with Crippen molar-refractivity contribution in [1.29, 1.82) is 0 Å². The Morgan fingerprint density at radius 2 is 1.82 bits per heavy atom. The molecule has 1 aliphatic rings. The topological polar surface area (TPSA) is 52.6 Å². The lowest BCUT2D eigenvalue weighted by atomic mass is 10.3. The van der Waals surface area contributed by atoms with Crippen LogP contribution in [0.4, 0.5) is 19.1 Å². The highest BCUT2D eigenvalue weighted by atomic mass is 19.4. The Labute approximate surface area is 126 Å². The van der Waals surface area contributed by atoms with E-state index in [4.69, 9.17) is 0 Å². The van der Waals surface area contributed by atoms with E-state index in [1.807, 2.05) is 9.80 Å². The van der Waals surface area contributed by atoms with Crippen molar-refractivity contribution < 1.29 is 18.0 Å². The number of piperazine rings is 1. The van der Waals surface area contributed by atoms with Crippen molar-refractivity contribution in [2.24, 2.45) is 0 Å². The molecule has 0 spiro atoms. The number of alkyl halides is 3. The second-order valence-corrected chi connectivity index (χ2v) is 5.18. The second kappa shape index (κ2) is 6.91. The fraction of sp³-hybridized carbons (Fsp3) is 0.615. The van der Waals surface area contributed by atoms with Gasteiger partial charge in [-0.3, -0.25) is 9.69 Å². The number of carbonyl (C=O) groups is 1. The van der Waals surface area contributed by atoms with Crippen LogP contribution in [0.2, 0.25) is 0 Å². The Hall–Kier alpha value is -1.90. The van der Waals surface area contributed by atoms with E-state index in [-0.39, 0.29) is 6.54 Å². The van der Waals surface area contributed by atoms with Crippen LogP contribution in [-0.2, 0) is 4.79 Å². The number of halogens is 3. The van der Waals surface area contributed by atoms with Crippen molar-refractivity contribution in [2.75, 3.05) is 51.2 Å². The first-order chi connectivity index (χ1) is 10.3. The average Bonchev–Trinajstić information content (AvgIpc) is 2.47. The average molecular weight is 317 g/mol. The normalized spacial score (nSPS) is 16.6.